The van der Waals surface area contributed by atoms with Crippen molar-refractivity contribution in [2.45, 2.75) is 6.18 Å². The lowest BCUT2D eigenvalue weighted by Gasteiger charge is -2.12. The van der Waals surface area contributed by atoms with E-state index in [0.29, 0.717) is 11.1 Å². The number of halogens is 4. The molecular formula is C21H10ClF3N2O2. The van der Waals surface area contributed by atoms with Crippen LogP contribution in [0.2, 0.25) is 5.02 Å². The van der Waals surface area contributed by atoms with Crippen LogP contribution in [0, 0.1) is 11.3 Å². The van der Waals surface area contributed by atoms with E-state index in [0.717, 1.165) is 6.07 Å². The smallest absolute Gasteiger partial charge is 0.417 e. The number of alkyl halides is 3. The molecule has 4 rings (SSSR count). The fourth-order valence-electron chi connectivity index (χ4n) is 2.85. The maximum absolute atomic E-state index is 13.3. The third-order valence-electron chi connectivity index (χ3n) is 4.12. The summed E-state index contributed by atoms with van der Waals surface area (Å²) in [6, 6.07) is 15.3. The second-order valence-corrected chi connectivity index (χ2v) is 6.43. The SMILES string of the molecule is N#C/C(=C\c1ccc(-c2c(Cl)cccc2C(F)(F)F)o1)c1nc2ccccc2o1. The molecule has 0 amide bonds. The number of oxazole rings is 1. The molecule has 4 aromatic rings. The summed E-state index contributed by atoms with van der Waals surface area (Å²) in [6.45, 7) is 0. The minimum Gasteiger partial charge on any atom is -0.457 e. The number of nitriles is 1. The second-order valence-electron chi connectivity index (χ2n) is 6.02. The van der Waals surface area contributed by atoms with Gasteiger partial charge in [0.25, 0.3) is 0 Å². The topological polar surface area (TPSA) is 63.0 Å². The molecule has 0 atom stereocenters. The molecular weight excluding hydrogens is 405 g/mol. The molecule has 0 saturated heterocycles. The first-order chi connectivity index (χ1) is 13.9. The molecule has 4 nitrogen and oxygen atoms in total. The Hall–Kier alpha value is -3.50. The van der Waals surface area contributed by atoms with E-state index in [1.165, 1.54) is 30.3 Å². The second kappa shape index (κ2) is 7.15. The largest absolute Gasteiger partial charge is 0.457 e. The molecule has 0 radical (unpaired) electrons. The van der Waals surface area contributed by atoms with E-state index in [2.05, 4.69) is 4.98 Å². The van der Waals surface area contributed by atoms with Gasteiger partial charge in [-0.1, -0.05) is 29.8 Å². The summed E-state index contributed by atoms with van der Waals surface area (Å²) in [5.74, 6) is 0.177. The van der Waals surface area contributed by atoms with Crippen LogP contribution in [0.25, 0.3) is 34.1 Å². The molecule has 0 aliphatic heterocycles. The Bertz CT molecular complexity index is 1250. The summed E-state index contributed by atoms with van der Waals surface area (Å²) >= 11 is 6.00. The predicted molar refractivity (Wildman–Crippen MR) is 102 cm³/mol. The summed E-state index contributed by atoms with van der Waals surface area (Å²) in [6.07, 6.45) is -3.25. The summed E-state index contributed by atoms with van der Waals surface area (Å²) in [5.41, 5.74) is -0.0160. The van der Waals surface area contributed by atoms with E-state index in [1.807, 2.05) is 6.07 Å². The number of fused-ring (bicyclic) bond motifs is 1. The molecule has 0 aliphatic rings. The van der Waals surface area contributed by atoms with E-state index in [1.54, 1.807) is 24.3 Å². The average Bonchev–Trinajstić information content (AvgIpc) is 3.31. The molecule has 0 aliphatic carbocycles. The van der Waals surface area contributed by atoms with Gasteiger partial charge in [0.05, 0.1) is 10.6 Å². The first-order valence-corrected chi connectivity index (χ1v) is 8.68. The normalized spacial score (nSPS) is 12.3. The summed E-state index contributed by atoms with van der Waals surface area (Å²) in [7, 11) is 0. The third-order valence-corrected chi connectivity index (χ3v) is 4.44. The molecule has 0 fully saturated rings. The lowest BCUT2D eigenvalue weighted by molar-refractivity contribution is -0.137. The molecule has 29 heavy (non-hydrogen) atoms. The Morgan fingerprint density at radius 1 is 1.03 bits per heavy atom. The van der Waals surface area contributed by atoms with Gasteiger partial charge in [0.2, 0.25) is 5.89 Å². The Balaban J connectivity index is 1.76. The van der Waals surface area contributed by atoms with E-state index >= 15 is 0 Å². The van der Waals surface area contributed by atoms with Crippen LogP contribution in [0.4, 0.5) is 13.2 Å². The van der Waals surface area contributed by atoms with Crippen LogP contribution in [0.1, 0.15) is 17.2 Å². The summed E-state index contributed by atoms with van der Waals surface area (Å²) in [5, 5.41) is 9.36. The van der Waals surface area contributed by atoms with Crippen molar-refractivity contribution in [3.8, 4) is 17.4 Å². The molecule has 2 heterocycles. The Kier molecular flexibility index (Phi) is 4.65. The van der Waals surface area contributed by atoms with Gasteiger partial charge < -0.3 is 8.83 Å². The van der Waals surface area contributed by atoms with E-state index < -0.39 is 11.7 Å². The first kappa shape index (κ1) is 18.8. The van der Waals surface area contributed by atoms with E-state index in [-0.39, 0.29) is 33.6 Å². The molecule has 144 valence electrons. The number of benzene rings is 2. The van der Waals surface area contributed by atoms with Crippen molar-refractivity contribution >= 4 is 34.3 Å². The van der Waals surface area contributed by atoms with E-state index in [9.17, 15) is 18.4 Å². The number of nitrogens with zero attached hydrogens (tertiary/aromatic N) is 2. The van der Waals surface area contributed by atoms with Gasteiger partial charge in [-0.2, -0.15) is 18.4 Å². The highest BCUT2D eigenvalue weighted by atomic mass is 35.5. The van der Waals surface area contributed by atoms with Crippen LogP contribution in [0.3, 0.4) is 0 Å². The van der Waals surface area contributed by atoms with Gasteiger partial charge >= 0.3 is 6.18 Å². The number of furan rings is 1. The van der Waals surface area contributed by atoms with Crippen LogP contribution < -0.4 is 0 Å². The molecule has 0 spiro atoms. The number of para-hydroxylation sites is 2. The standard InChI is InChI=1S/C21H10ClF3N2O2/c22-15-5-3-4-14(21(23,24)25)19(15)18-9-8-13(28-18)10-12(11-26)20-27-16-6-1-2-7-17(16)29-20/h1-10H/b12-10+. The Morgan fingerprint density at radius 2 is 1.83 bits per heavy atom. The number of hydrogen-bond acceptors (Lipinski definition) is 4. The highest BCUT2D eigenvalue weighted by Gasteiger charge is 2.35. The van der Waals surface area contributed by atoms with Crippen molar-refractivity contribution in [3.05, 3.63) is 76.8 Å². The molecule has 0 N–H and O–H groups in total. The molecule has 8 heteroatoms. The number of hydrogen-bond donors (Lipinski definition) is 0. The van der Waals surface area contributed by atoms with Crippen molar-refractivity contribution in [3.63, 3.8) is 0 Å². The summed E-state index contributed by atoms with van der Waals surface area (Å²) in [4.78, 5) is 4.24. The van der Waals surface area contributed by atoms with Gasteiger partial charge in [-0.15, -0.1) is 0 Å². The van der Waals surface area contributed by atoms with Crippen molar-refractivity contribution < 1.29 is 22.0 Å². The van der Waals surface area contributed by atoms with Gasteiger partial charge in [0, 0.05) is 11.6 Å². The van der Waals surface area contributed by atoms with E-state index in [4.69, 9.17) is 20.4 Å². The zero-order valence-electron chi connectivity index (χ0n) is 14.5. The molecule has 2 aromatic carbocycles. The van der Waals surface area contributed by atoms with Crippen molar-refractivity contribution in [2.75, 3.05) is 0 Å². The van der Waals surface area contributed by atoms with Crippen molar-refractivity contribution in [2.24, 2.45) is 0 Å². The minimum absolute atomic E-state index is 0.0657. The van der Waals surface area contributed by atoms with Crippen LogP contribution in [0.15, 0.2) is 63.4 Å². The maximum Gasteiger partial charge on any atom is 0.417 e. The third kappa shape index (κ3) is 3.62. The number of allylic oxidation sites excluding steroid dienone is 1. The van der Waals surface area contributed by atoms with Gasteiger partial charge in [-0.05, 0) is 36.4 Å². The van der Waals surface area contributed by atoms with Crippen molar-refractivity contribution in [1.82, 2.24) is 4.98 Å². The fourth-order valence-corrected chi connectivity index (χ4v) is 3.11. The highest BCUT2D eigenvalue weighted by molar-refractivity contribution is 6.33. The predicted octanol–water partition coefficient (Wildman–Crippen LogP) is 6.82. The highest BCUT2D eigenvalue weighted by Crippen LogP contribution is 2.41. The summed E-state index contributed by atoms with van der Waals surface area (Å²) < 4.78 is 51.1. The van der Waals surface area contributed by atoms with Crippen LogP contribution in [-0.4, -0.2) is 4.98 Å². The van der Waals surface area contributed by atoms with Gasteiger partial charge in [0.15, 0.2) is 5.58 Å². The van der Waals surface area contributed by atoms with Crippen LogP contribution in [-0.2, 0) is 6.18 Å². The van der Waals surface area contributed by atoms with Gasteiger partial charge in [-0.25, -0.2) is 4.98 Å². The fraction of sp³-hybridized carbons (Fsp3) is 0.0476. The van der Waals surface area contributed by atoms with Gasteiger partial charge in [-0.3, -0.25) is 0 Å². The van der Waals surface area contributed by atoms with Crippen LogP contribution >= 0.6 is 11.6 Å². The number of rotatable bonds is 3. The zero-order valence-corrected chi connectivity index (χ0v) is 15.3. The molecule has 0 saturated carbocycles. The van der Waals surface area contributed by atoms with Gasteiger partial charge in [0.1, 0.15) is 28.7 Å². The van der Waals surface area contributed by atoms with Crippen LogP contribution in [0.5, 0.6) is 0 Å². The Labute approximate surface area is 167 Å². The minimum atomic E-state index is -4.60. The molecule has 2 aromatic heterocycles. The average molecular weight is 415 g/mol. The molecule has 0 bridgehead atoms. The first-order valence-electron chi connectivity index (χ1n) is 8.30. The maximum atomic E-state index is 13.3. The number of aromatic nitrogens is 1. The van der Waals surface area contributed by atoms with Crippen molar-refractivity contribution in [1.29, 1.82) is 5.26 Å². The zero-order chi connectivity index (χ0) is 20.6. The lowest BCUT2D eigenvalue weighted by atomic mass is 10.0. The monoisotopic (exact) mass is 414 g/mol. The molecule has 0 unspecified atom stereocenters. The quantitative estimate of drug-likeness (QED) is 0.345. The Morgan fingerprint density at radius 3 is 2.55 bits per heavy atom. The lowest BCUT2D eigenvalue weighted by Crippen LogP contribution is -2.07.